The largest absolute Gasteiger partial charge is 0.508 e. The lowest BCUT2D eigenvalue weighted by atomic mass is 9.90. The number of carbonyl (C=O) groups is 3. The van der Waals surface area contributed by atoms with Crippen molar-refractivity contribution in [1.29, 1.82) is 0 Å². The van der Waals surface area contributed by atoms with Gasteiger partial charge >= 0.3 is 5.97 Å². The fraction of sp³-hybridized carbons (Fsp3) is 0.125. The average Bonchev–Trinajstić information content (AvgIpc) is 3.31. The van der Waals surface area contributed by atoms with Crippen LogP contribution < -0.4 is 9.96 Å². The summed E-state index contributed by atoms with van der Waals surface area (Å²) in [6.07, 6.45) is -1.08. The number of para-hydroxylation sites is 2. The molecule has 0 bridgehead atoms. The number of phenols is 1. The van der Waals surface area contributed by atoms with Gasteiger partial charge in [0, 0.05) is 5.56 Å². The van der Waals surface area contributed by atoms with E-state index in [9.17, 15) is 19.5 Å². The summed E-state index contributed by atoms with van der Waals surface area (Å²) in [7, 11) is 0. The Morgan fingerprint density at radius 2 is 1.47 bits per heavy atom. The fourth-order valence-electron chi connectivity index (χ4n) is 4.27. The number of carboxylic acids is 1. The van der Waals surface area contributed by atoms with Crippen LogP contribution in [-0.2, 0) is 14.4 Å². The molecule has 3 atom stereocenters. The van der Waals surface area contributed by atoms with E-state index in [1.807, 2.05) is 18.2 Å². The van der Waals surface area contributed by atoms with Crippen molar-refractivity contribution in [3.8, 4) is 5.75 Å². The molecule has 32 heavy (non-hydrogen) atoms. The summed E-state index contributed by atoms with van der Waals surface area (Å²) >= 11 is 0. The number of phenolic OH excluding ortho intramolecular Hbond substituents is 1. The molecule has 2 N–H and O–H groups in total. The van der Waals surface area contributed by atoms with Crippen LogP contribution in [0.2, 0.25) is 0 Å². The second-order valence-corrected chi connectivity index (χ2v) is 7.58. The van der Waals surface area contributed by atoms with Crippen molar-refractivity contribution in [3.05, 3.63) is 90.0 Å². The first kappa shape index (κ1) is 19.8. The van der Waals surface area contributed by atoms with E-state index in [0.717, 1.165) is 4.90 Å². The van der Waals surface area contributed by atoms with Gasteiger partial charge in [-0.2, -0.15) is 0 Å². The van der Waals surface area contributed by atoms with Crippen molar-refractivity contribution in [2.45, 2.75) is 12.1 Å². The lowest BCUT2D eigenvalue weighted by molar-refractivity contribution is -0.126. The highest BCUT2D eigenvalue weighted by atomic mass is 16.7. The van der Waals surface area contributed by atoms with E-state index in [4.69, 9.17) is 9.94 Å². The first-order valence-electron chi connectivity index (χ1n) is 9.97. The zero-order chi connectivity index (χ0) is 22.4. The van der Waals surface area contributed by atoms with Gasteiger partial charge in [-0.15, -0.1) is 0 Å². The number of rotatable bonds is 4. The average molecular weight is 430 g/mol. The Morgan fingerprint density at radius 1 is 0.812 bits per heavy atom. The van der Waals surface area contributed by atoms with Gasteiger partial charge in [-0.1, -0.05) is 36.4 Å². The number of benzene rings is 3. The Hall–Kier alpha value is -4.17. The Balaban J connectivity index is 1.57. The van der Waals surface area contributed by atoms with Crippen molar-refractivity contribution < 1.29 is 29.4 Å². The molecule has 0 saturated carbocycles. The summed E-state index contributed by atoms with van der Waals surface area (Å²) in [4.78, 5) is 44.9. The van der Waals surface area contributed by atoms with Crippen LogP contribution >= 0.6 is 0 Å². The summed E-state index contributed by atoms with van der Waals surface area (Å²) in [5.41, 5.74) is 1.43. The quantitative estimate of drug-likeness (QED) is 0.613. The Labute approximate surface area is 182 Å². The summed E-state index contributed by atoms with van der Waals surface area (Å²) < 4.78 is 0. The molecular weight excluding hydrogens is 412 g/mol. The molecule has 160 valence electrons. The lowest BCUT2D eigenvalue weighted by Crippen LogP contribution is -2.37. The highest BCUT2D eigenvalue weighted by Gasteiger charge is 2.60. The summed E-state index contributed by atoms with van der Waals surface area (Å²) in [6.45, 7) is 0. The van der Waals surface area contributed by atoms with Crippen molar-refractivity contribution in [1.82, 2.24) is 0 Å². The number of hydroxylamine groups is 1. The van der Waals surface area contributed by atoms with Crippen molar-refractivity contribution in [2.75, 3.05) is 9.96 Å². The number of hydrogen-bond donors (Lipinski definition) is 2. The van der Waals surface area contributed by atoms with Gasteiger partial charge in [0.05, 0.1) is 23.0 Å². The number of aromatic hydroxyl groups is 1. The molecule has 3 aromatic carbocycles. The molecule has 3 aromatic rings. The maximum atomic E-state index is 13.5. The molecule has 2 saturated heterocycles. The topological polar surface area (TPSA) is 107 Å². The van der Waals surface area contributed by atoms with Crippen LogP contribution in [0.5, 0.6) is 5.75 Å². The maximum Gasteiger partial charge on any atom is 0.335 e. The second kappa shape index (κ2) is 7.51. The number of carboxylic acid groups (broad SMARTS) is 1. The van der Waals surface area contributed by atoms with E-state index < -0.39 is 35.8 Å². The first-order chi connectivity index (χ1) is 15.5. The van der Waals surface area contributed by atoms with Gasteiger partial charge in [0.25, 0.3) is 5.91 Å². The molecule has 2 fully saturated rings. The minimum atomic E-state index is -1.10. The van der Waals surface area contributed by atoms with E-state index >= 15 is 0 Å². The Bertz CT molecular complexity index is 1210. The second-order valence-electron chi connectivity index (χ2n) is 7.58. The molecule has 5 rings (SSSR count). The number of hydrogen-bond acceptors (Lipinski definition) is 6. The van der Waals surface area contributed by atoms with Crippen molar-refractivity contribution in [3.63, 3.8) is 0 Å². The maximum absolute atomic E-state index is 13.5. The summed E-state index contributed by atoms with van der Waals surface area (Å²) in [6, 6.07) is 20.5. The van der Waals surface area contributed by atoms with Gasteiger partial charge in [-0.3, -0.25) is 14.4 Å². The molecule has 0 unspecified atom stereocenters. The van der Waals surface area contributed by atoms with Crippen LogP contribution in [0, 0.1) is 5.92 Å². The number of carbonyl (C=O) groups excluding carboxylic acids is 2. The van der Waals surface area contributed by atoms with Crippen LogP contribution in [0.15, 0.2) is 78.9 Å². The minimum Gasteiger partial charge on any atom is -0.508 e. The number of imide groups is 1. The molecule has 8 heteroatoms. The first-order valence-corrected chi connectivity index (χ1v) is 9.97. The van der Waals surface area contributed by atoms with Gasteiger partial charge in [0.1, 0.15) is 11.7 Å². The van der Waals surface area contributed by atoms with Gasteiger partial charge in [0.2, 0.25) is 5.91 Å². The van der Waals surface area contributed by atoms with E-state index in [1.165, 1.54) is 35.4 Å². The molecule has 2 aliphatic heterocycles. The monoisotopic (exact) mass is 430 g/mol. The molecule has 2 heterocycles. The molecular formula is C24H18N2O6. The van der Waals surface area contributed by atoms with Gasteiger partial charge in [-0.25, -0.2) is 14.8 Å². The normalized spacial score (nSPS) is 22.3. The van der Waals surface area contributed by atoms with Crippen LogP contribution in [0.25, 0.3) is 0 Å². The standard InChI is InChI=1S/C24H18N2O6/c27-18-9-5-4-8-17(18)20-19-21(32-26(20)16-6-2-1-3-7-16)23(29)25(22(19)28)15-12-10-14(11-13-15)24(30)31/h1-13,19-21,27H,(H,30,31)/t19-,20+,21+/m1/s1. The van der Waals surface area contributed by atoms with Crippen LogP contribution in [0.1, 0.15) is 22.0 Å². The van der Waals surface area contributed by atoms with E-state index in [0.29, 0.717) is 11.3 Å². The van der Waals surface area contributed by atoms with E-state index in [1.54, 1.807) is 30.3 Å². The summed E-state index contributed by atoms with van der Waals surface area (Å²) in [5, 5.41) is 21.1. The van der Waals surface area contributed by atoms with Crippen molar-refractivity contribution >= 4 is 29.2 Å². The minimum absolute atomic E-state index is 0.00723. The zero-order valence-electron chi connectivity index (χ0n) is 16.7. The van der Waals surface area contributed by atoms with Crippen molar-refractivity contribution in [2.24, 2.45) is 5.92 Å². The predicted octanol–water partition coefficient (Wildman–Crippen LogP) is 3.14. The van der Waals surface area contributed by atoms with Crippen LogP contribution in [0.4, 0.5) is 11.4 Å². The Morgan fingerprint density at radius 3 is 2.12 bits per heavy atom. The third kappa shape index (κ3) is 3.00. The number of nitrogens with zero attached hydrogens (tertiary/aromatic N) is 2. The third-order valence-electron chi connectivity index (χ3n) is 5.75. The summed E-state index contributed by atoms with van der Waals surface area (Å²) in [5.74, 6) is -3.02. The van der Waals surface area contributed by atoms with Crippen LogP contribution in [-0.4, -0.2) is 34.1 Å². The van der Waals surface area contributed by atoms with Gasteiger partial charge in [0.15, 0.2) is 6.10 Å². The number of aromatic carboxylic acids is 1. The van der Waals surface area contributed by atoms with Crippen LogP contribution in [0.3, 0.4) is 0 Å². The molecule has 0 aromatic heterocycles. The third-order valence-corrected chi connectivity index (χ3v) is 5.75. The molecule has 2 amide bonds. The molecule has 0 aliphatic carbocycles. The SMILES string of the molecule is O=C(O)c1ccc(N2C(=O)[C@H]3[C@H](ON(c4ccccc4)[C@H]3c3ccccc3O)C2=O)cc1. The van der Waals surface area contributed by atoms with E-state index in [-0.39, 0.29) is 17.0 Å². The highest BCUT2D eigenvalue weighted by Crippen LogP contribution is 2.49. The molecule has 0 spiro atoms. The molecule has 2 aliphatic rings. The molecule has 8 nitrogen and oxygen atoms in total. The lowest BCUT2D eigenvalue weighted by Gasteiger charge is -2.29. The number of anilines is 2. The molecule has 0 radical (unpaired) electrons. The highest BCUT2D eigenvalue weighted by molar-refractivity contribution is 6.24. The predicted molar refractivity (Wildman–Crippen MR) is 114 cm³/mol. The van der Waals surface area contributed by atoms with E-state index in [2.05, 4.69) is 0 Å². The van der Waals surface area contributed by atoms with Gasteiger partial charge in [-0.05, 0) is 42.5 Å². The Kier molecular flexibility index (Phi) is 4.64. The fourth-order valence-corrected chi connectivity index (χ4v) is 4.27. The number of amides is 2. The number of fused-ring (bicyclic) bond motifs is 1. The zero-order valence-corrected chi connectivity index (χ0v) is 16.7. The van der Waals surface area contributed by atoms with Gasteiger partial charge < -0.3 is 10.2 Å². The smallest absolute Gasteiger partial charge is 0.335 e.